The van der Waals surface area contributed by atoms with Crippen molar-refractivity contribution in [3.05, 3.63) is 41.2 Å². The van der Waals surface area contributed by atoms with Crippen molar-refractivity contribution in [3.63, 3.8) is 0 Å². The van der Waals surface area contributed by atoms with Gasteiger partial charge in [0.15, 0.2) is 0 Å². The highest BCUT2D eigenvalue weighted by molar-refractivity contribution is 6.30. The third-order valence-electron chi connectivity index (χ3n) is 3.18. The van der Waals surface area contributed by atoms with E-state index in [0.717, 1.165) is 5.56 Å². The monoisotopic (exact) mass is 293 g/mol. The van der Waals surface area contributed by atoms with Crippen molar-refractivity contribution in [2.24, 2.45) is 0 Å². The van der Waals surface area contributed by atoms with Gasteiger partial charge in [0.2, 0.25) is 11.9 Å². The molecule has 1 aromatic carbocycles. The number of amides is 1. The predicted molar refractivity (Wildman–Crippen MR) is 77.1 cm³/mol. The fourth-order valence-electron chi connectivity index (χ4n) is 1.82. The number of hydrogen-bond donors (Lipinski definition) is 1. The molecule has 2 N–H and O–H groups in total. The van der Waals surface area contributed by atoms with Crippen molar-refractivity contribution in [3.8, 4) is 0 Å². The number of hydrogen-bond acceptors (Lipinski definition) is 4. The van der Waals surface area contributed by atoms with Gasteiger partial charge in [-0.05, 0) is 24.6 Å². The SMILES string of the molecule is CC(c1ccc(Cl)cc1)N(C)C(=O)Cn1cnc(N)n1. The lowest BCUT2D eigenvalue weighted by molar-refractivity contribution is -0.132. The number of nitrogens with two attached hydrogens (primary N) is 1. The molecule has 7 heteroatoms. The molecule has 1 unspecified atom stereocenters. The average Bonchev–Trinajstić information content (AvgIpc) is 2.83. The van der Waals surface area contributed by atoms with E-state index in [1.807, 2.05) is 31.2 Å². The molecule has 0 aliphatic rings. The zero-order chi connectivity index (χ0) is 14.7. The molecule has 1 amide bonds. The van der Waals surface area contributed by atoms with Gasteiger partial charge in [0.25, 0.3) is 0 Å². The van der Waals surface area contributed by atoms with Crippen LogP contribution in [-0.4, -0.2) is 32.6 Å². The number of halogens is 1. The molecule has 2 rings (SSSR count). The van der Waals surface area contributed by atoms with Gasteiger partial charge < -0.3 is 10.6 Å². The van der Waals surface area contributed by atoms with Crippen LogP contribution in [0, 0.1) is 0 Å². The van der Waals surface area contributed by atoms with Crippen LogP contribution in [0.15, 0.2) is 30.6 Å². The van der Waals surface area contributed by atoms with E-state index in [1.165, 1.54) is 11.0 Å². The summed E-state index contributed by atoms with van der Waals surface area (Å²) in [7, 11) is 1.75. The summed E-state index contributed by atoms with van der Waals surface area (Å²) in [5.74, 6) is 0.0866. The summed E-state index contributed by atoms with van der Waals surface area (Å²) >= 11 is 5.86. The fourth-order valence-corrected chi connectivity index (χ4v) is 1.94. The van der Waals surface area contributed by atoms with Crippen LogP contribution in [0.4, 0.5) is 5.95 Å². The topological polar surface area (TPSA) is 77.0 Å². The molecule has 6 nitrogen and oxygen atoms in total. The van der Waals surface area contributed by atoms with Gasteiger partial charge in [-0.25, -0.2) is 9.67 Å². The standard InChI is InChI=1S/C13H16ClN5O/c1-9(10-3-5-11(14)6-4-10)18(2)12(20)7-19-8-16-13(15)17-19/h3-6,8-9H,7H2,1-2H3,(H2,15,17). The minimum absolute atomic E-state index is 0.0550. The number of nitrogen functional groups attached to an aromatic ring is 1. The van der Waals surface area contributed by atoms with E-state index >= 15 is 0 Å². The van der Waals surface area contributed by atoms with Gasteiger partial charge in [-0.1, -0.05) is 23.7 Å². The minimum Gasteiger partial charge on any atom is -0.367 e. The highest BCUT2D eigenvalue weighted by Crippen LogP contribution is 2.21. The molecule has 106 valence electrons. The Bertz CT molecular complexity index is 595. The normalized spacial score (nSPS) is 12.2. The minimum atomic E-state index is -0.0719. The smallest absolute Gasteiger partial charge is 0.244 e. The molecule has 1 heterocycles. The Balaban J connectivity index is 2.04. The van der Waals surface area contributed by atoms with Gasteiger partial charge in [-0.3, -0.25) is 4.79 Å². The van der Waals surface area contributed by atoms with E-state index in [4.69, 9.17) is 17.3 Å². The number of likely N-dealkylation sites (N-methyl/N-ethyl adjacent to an activating group) is 1. The van der Waals surface area contributed by atoms with Crippen LogP contribution in [0.5, 0.6) is 0 Å². The highest BCUT2D eigenvalue weighted by atomic mass is 35.5. The number of carbonyl (C=O) groups is 1. The summed E-state index contributed by atoms with van der Waals surface area (Å²) in [6.45, 7) is 2.06. The van der Waals surface area contributed by atoms with Crippen molar-refractivity contribution >= 4 is 23.5 Å². The van der Waals surface area contributed by atoms with E-state index in [-0.39, 0.29) is 24.4 Å². The summed E-state index contributed by atoms with van der Waals surface area (Å²) in [5, 5.41) is 4.57. The highest BCUT2D eigenvalue weighted by Gasteiger charge is 2.18. The molecule has 0 aliphatic heterocycles. The second-order valence-electron chi connectivity index (χ2n) is 4.53. The van der Waals surface area contributed by atoms with Crippen LogP contribution >= 0.6 is 11.6 Å². The first-order valence-corrected chi connectivity index (χ1v) is 6.51. The van der Waals surface area contributed by atoms with Crippen molar-refractivity contribution in [2.75, 3.05) is 12.8 Å². The van der Waals surface area contributed by atoms with Gasteiger partial charge >= 0.3 is 0 Å². The maximum Gasteiger partial charge on any atom is 0.244 e. The molecule has 0 spiro atoms. The van der Waals surface area contributed by atoms with Gasteiger partial charge in [0, 0.05) is 12.1 Å². The first-order chi connectivity index (χ1) is 9.47. The largest absolute Gasteiger partial charge is 0.367 e. The quantitative estimate of drug-likeness (QED) is 0.931. The molecular formula is C13H16ClN5O. The van der Waals surface area contributed by atoms with Crippen LogP contribution in [-0.2, 0) is 11.3 Å². The summed E-state index contributed by atoms with van der Waals surface area (Å²) in [5.41, 5.74) is 6.43. The van der Waals surface area contributed by atoms with Crippen LogP contribution in [0.3, 0.4) is 0 Å². The summed E-state index contributed by atoms with van der Waals surface area (Å²) in [6, 6.07) is 7.38. The lowest BCUT2D eigenvalue weighted by Gasteiger charge is -2.25. The van der Waals surface area contributed by atoms with Crippen LogP contribution in [0.2, 0.25) is 5.02 Å². The molecule has 0 saturated carbocycles. The van der Waals surface area contributed by atoms with Crippen molar-refractivity contribution in [1.29, 1.82) is 0 Å². The second-order valence-corrected chi connectivity index (χ2v) is 4.97. The Morgan fingerprint density at radius 1 is 1.45 bits per heavy atom. The number of aromatic nitrogens is 3. The van der Waals surface area contributed by atoms with Crippen LogP contribution in [0.25, 0.3) is 0 Å². The summed E-state index contributed by atoms with van der Waals surface area (Å²) in [6.07, 6.45) is 1.44. The molecule has 0 aliphatic carbocycles. The molecule has 2 aromatic rings. The third-order valence-corrected chi connectivity index (χ3v) is 3.43. The van der Waals surface area contributed by atoms with Gasteiger partial charge in [0.1, 0.15) is 12.9 Å². The zero-order valence-electron chi connectivity index (χ0n) is 11.3. The second kappa shape index (κ2) is 5.92. The molecule has 1 aromatic heterocycles. The Kier molecular flexibility index (Phi) is 4.24. The fraction of sp³-hybridized carbons (Fsp3) is 0.308. The lowest BCUT2D eigenvalue weighted by atomic mass is 10.1. The Labute approximate surface area is 122 Å². The Hall–Kier alpha value is -2.08. The van der Waals surface area contributed by atoms with E-state index < -0.39 is 0 Å². The van der Waals surface area contributed by atoms with Crippen molar-refractivity contribution < 1.29 is 4.79 Å². The van der Waals surface area contributed by atoms with Crippen molar-refractivity contribution in [2.45, 2.75) is 19.5 Å². The Morgan fingerprint density at radius 2 is 2.10 bits per heavy atom. The van der Waals surface area contributed by atoms with E-state index in [1.54, 1.807) is 11.9 Å². The van der Waals surface area contributed by atoms with E-state index in [0.29, 0.717) is 5.02 Å². The maximum atomic E-state index is 12.2. The zero-order valence-corrected chi connectivity index (χ0v) is 12.1. The van der Waals surface area contributed by atoms with E-state index in [9.17, 15) is 4.79 Å². The molecule has 0 saturated heterocycles. The number of rotatable bonds is 4. The molecular weight excluding hydrogens is 278 g/mol. The maximum absolute atomic E-state index is 12.2. The summed E-state index contributed by atoms with van der Waals surface area (Å²) in [4.78, 5) is 17.6. The van der Waals surface area contributed by atoms with Gasteiger partial charge in [-0.2, -0.15) is 0 Å². The Morgan fingerprint density at radius 3 is 2.65 bits per heavy atom. The molecule has 20 heavy (non-hydrogen) atoms. The third kappa shape index (κ3) is 3.27. The predicted octanol–water partition coefficient (Wildman–Crippen LogP) is 1.73. The first-order valence-electron chi connectivity index (χ1n) is 6.13. The number of carbonyl (C=O) groups excluding carboxylic acids is 1. The number of benzene rings is 1. The molecule has 0 fully saturated rings. The average molecular weight is 294 g/mol. The van der Waals surface area contributed by atoms with Gasteiger partial charge in [0.05, 0.1) is 6.04 Å². The van der Waals surface area contributed by atoms with Crippen molar-refractivity contribution in [1.82, 2.24) is 19.7 Å². The first kappa shape index (κ1) is 14.3. The van der Waals surface area contributed by atoms with E-state index in [2.05, 4.69) is 10.1 Å². The van der Waals surface area contributed by atoms with Crippen LogP contribution in [0.1, 0.15) is 18.5 Å². The lowest BCUT2D eigenvalue weighted by Crippen LogP contribution is -2.32. The van der Waals surface area contributed by atoms with Gasteiger partial charge in [-0.15, -0.1) is 5.10 Å². The number of nitrogens with zero attached hydrogens (tertiary/aromatic N) is 4. The van der Waals surface area contributed by atoms with Crippen LogP contribution < -0.4 is 5.73 Å². The molecule has 0 bridgehead atoms. The number of anilines is 1. The molecule has 0 radical (unpaired) electrons. The summed E-state index contributed by atoms with van der Waals surface area (Å²) < 4.78 is 1.42. The molecule has 1 atom stereocenters.